The molecule has 0 radical (unpaired) electrons. The fourth-order valence-electron chi connectivity index (χ4n) is 3.15. The van der Waals surface area contributed by atoms with Crippen molar-refractivity contribution in [1.29, 1.82) is 0 Å². The summed E-state index contributed by atoms with van der Waals surface area (Å²) in [6.07, 6.45) is 6.74. The Bertz CT molecular complexity index is 487. The molecule has 1 aliphatic rings. The third-order valence-electron chi connectivity index (χ3n) is 4.42. The molecule has 1 aromatic heterocycles. The van der Waals surface area contributed by atoms with Crippen molar-refractivity contribution in [3.63, 3.8) is 0 Å². The lowest BCUT2D eigenvalue weighted by Crippen LogP contribution is -2.20. The van der Waals surface area contributed by atoms with Crippen LogP contribution >= 0.6 is 11.6 Å². The van der Waals surface area contributed by atoms with E-state index >= 15 is 0 Å². The molecule has 0 spiro atoms. The highest BCUT2D eigenvalue weighted by Gasteiger charge is 2.19. The van der Waals surface area contributed by atoms with Crippen LogP contribution in [0.5, 0.6) is 0 Å². The highest BCUT2D eigenvalue weighted by atomic mass is 35.5. The van der Waals surface area contributed by atoms with Gasteiger partial charge in [0, 0.05) is 23.5 Å². The summed E-state index contributed by atoms with van der Waals surface area (Å²) in [4.78, 5) is 12.1. The van der Waals surface area contributed by atoms with Gasteiger partial charge >= 0.3 is 0 Å². The molecule has 0 bridgehead atoms. The van der Waals surface area contributed by atoms with Gasteiger partial charge in [-0.2, -0.15) is 0 Å². The van der Waals surface area contributed by atoms with Crippen molar-refractivity contribution < 1.29 is 9.53 Å². The maximum Gasteiger partial charge on any atom is 0.182 e. The maximum absolute atomic E-state index is 12.1. The van der Waals surface area contributed by atoms with Gasteiger partial charge < -0.3 is 9.30 Å². The first kappa shape index (κ1) is 16.6. The summed E-state index contributed by atoms with van der Waals surface area (Å²) in [6, 6.07) is 1.94. The number of hydrogen-bond acceptors (Lipinski definition) is 2. The zero-order chi connectivity index (χ0) is 15.4. The zero-order valence-corrected chi connectivity index (χ0v) is 14.1. The van der Waals surface area contributed by atoms with E-state index in [0.29, 0.717) is 12.7 Å². The summed E-state index contributed by atoms with van der Waals surface area (Å²) >= 11 is 5.92. The molecule has 1 saturated carbocycles. The Morgan fingerprint density at radius 2 is 2.05 bits per heavy atom. The van der Waals surface area contributed by atoms with Crippen LogP contribution in [0.25, 0.3) is 0 Å². The first-order chi connectivity index (χ1) is 10.0. The van der Waals surface area contributed by atoms with Crippen molar-refractivity contribution in [3.8, 4) is 0 Å². The predicted molar refractivity (Wildman–Crippen MR) is 86.4 cm³/mol. The topological polar surface area (TPSA) is 31.2 Å². The minimum absolute atomic E-state index is 0.00390. The maximum atomic E-state index is 12.1. The summed E-state index contributed by atoms with van der Waals surface area (Å²) in [5.74, 6) is 0.00390. The van der Waals surface area contributed by atoms with Crippen molar-refractivity contribution in [2.24, 2.45) is 0 Å². The van der Waals surface area contributed by atoms with Crippen LogP contribution in [-0.2, 0) is 11.3 Å². The third kappa shape index (κ3) is 4.10. The second-order valence-electron chi connectivity index (χ2n) is 6.05. The van der Waals surface area contributed by atoms with Gasteiger partial charge in [-0.1, -0.05) is 19.3 Å². The smallest absolute Gasteiger partial charge is 0.182 e. The van der Waals surface area contributed by atoms with Gasteiger partial charge in [-0.25, -0.2) is 0 Å². The van der Waals surface area contributed by atoms with Gasteiger partial charge in [0.2, 0.25) is 0 Å². The number of carbonyl (C=O) groups excluding carboxylic acids is 1. The van der Waals surface area contributed by atoms with Crippen molar-refractivity contribution >= 4 is 17.4 Å². The Kier molecular flexibility index (Phi) is 5.88. The highest BCUT2D eigenvalue weighted by Crippen LogP contribution is 2.21. The summed E-state index contributed by atoms with van der Waals surface area (Å²) < 4.78 is 8.14. The lowest BCUT2D eigenvalue weighted by Gasteiger charge is -2.22. The van der Waals surface area contributed by atoms with Gasteiger partial charge in [0.15, 0.2) is 5.78 Å². The summed E-state index contributed by atoms with van der Waals surface area (Å²) in [6.45, 7) is 7.26. The number of alkyl halides is 1. The largest absolute Gasteiger partial charge is 0.376 e. The monoisotopic (exact) mass is 311 g/mol. The van der Waals surface area contributed by atoms with Gasteiger partial charge in [-0.3, -0.25) is 4.79 Å². The van der Waals surface area contributed by atoms with Gasteiger partial charge in [-0.05, 0) is 39.7 Å². The molecule has 1 heterocycles. The predicted octanol–water partition coefficient (Wildman–Crippen LogP) is 4.26. The van der Waals surface area contributed by atoms with Crippen LogP contribution in [0.4, 0.5) is 0 Å². The molecule has 1 atom stereocenters. The zero-order valence-electron chi connectivity index (χ0n) is 13.3. The molecule has 0 saturated heterocycles. The molecule has 3 nitrogen and oxygen atoms in total. The average Bonchev–Trinajstić information content (AvgIpc) is 2.75. The Hall–Kier alpha value is -0.800. The molecule has 0 amide bonds. The van der Waals surface area contributed by atoms with Crippen LogP contribution in [0.2, 0.25) is 0 Å². The molecule has 1 aliphatic carbocycles. The van der Waals surface area contributed by atoms with Crippen LogP contribution in [-0.4, -0.2) is 28.4 Å². The first-order valence-electron chi connectivity index (χ1n) is 7.97. The second kappa shape index (κ2) is 7.46. The van der Waals surface area contributed by atoms with Crippen molar-refractivity contribution in [1.82, 2.24) is 4.57 Å². The molecule has 1 aromatic rings. The Morgan fingerprint density at radius 3 is 2.67 bits per heavy atom. The van der Waals surface area contributed by atoms with Gasteiger partial charge in [0.05, 0.1) is 18.1 Å². The lowest BCUT2D eigenvalue weighted by atomic mass is 9.98. The number of ether oxygens (including phenoxy) is 1. The molecular weight excluding hydrogens is 286 g/mol. The fourth-order valence-corrected chi connectivity index (χ4v) is 3.27. The van der Waals surface area contributed by atoms with E-state index in [2.05, 4.69) is 4.57 Å². The number of nitrogens with zero attached hydrogens (tertiary/aromatic N) is 1. The molecule has 0 aliphatic heterocycles. The number of Topliss-reactive ketones (excluding diaryl/α,β-unsaturated/α-hetero) is 1. The molecule has 0 N–H and O–H groups in total. The fraction of sp³-hybridized carbons (Fsp3) is 0.706. The van der Waals surface area contributed by atoms with E-state index in [1.165, 1.54) is 32.1 Å². The van der Waals surface area contributed by atoms with Crippen molar-refractivity contribution in [3.05, 3.63) is 23.0 Å². The van der Waals surface area contributed by atoms with Gasteiger partial charge in [-0.15, -0.1) is 11.6 Å². The van der Waals surface area contributed by atoms with Crippen LogP contribution < -0.4 is 0 Å². The Balaban J connectivity index is 1.95. The highest BCUT2D eigenvalue weighted by molar-refractivity contribution is 6.33. The van der Waals surface area contributed by atoms with Crippen molar-refractivity contribution in [2.75, 3.05) is 6.61 Å². The molecule has 1 fully saturated rings. The van der Waals surface area contributed by atoms with E-state index < -0.39 is 5.38 Å². The number of aromatic nitrogens is 1. The standard InChI is InChI=1S/C17H26ClNO2/c1-12-11-16(17(20)13(2)18)14(3)19(12)9-10-21-15-7-5-4-6-8-15/h11,13,15H,4-10H2,1-3H3. The van der Waals surface area contributed by atoms with E-state index in [0.717, 1.165) is 23.5 Å². The van der Waals surface area contributed by atoms with Gasteiger partial charge in [0.25, 0.3) is 0 Å². The molecule has 1 unspecified atom stereocenters. The number of hydrogen-bond donors (Lipinski definition) is 0. The number of aryl methyl sites for hydroxylation is 1. The molecule has 118 valence electrons. The lowest BCUT2D eigenvalue weighted by molar-refractivity contribution is 0.0237. The molecule has 2 rings (SSSR count). The molecule has 0 aromatic carbocycles. The normalized spacial score (nSPS) is 17.9. The second-order valence-corrected chi connectivity index (χ2v) is 6.70. The van der Waals surface area contributed by atoms with Crippen LogP contribution in [0.3, 0.4) is 0 Å². The average molecular weight is 312 g/mol. The first-order valence-corrected chi connectivity index (χ1v) is 8.41. The summed E-state index contributed by atoms with van der Waals surface area (Å²) in [5.41, 5.74) is 2.84. The molecule has 4 heteroatoms. The van der Waals surface area contributed by atoms with E-state index in [4.69, 9.17) is 16.3 Å². The number of ketones is 1. The van der Waals surface area contributed by atoms with Crippen LogP contribution in [0, 0.1) is 13.8 Å². The molecular formula is C17H26ClNO2. The van der Waals surface area contributed by atoms with Crippen LogP contribution in [0.15, 0.2) is 6.07 Å². The van der Waals surface area contributed by atoms with E-state index in [1.54, 1.807) is 6.92 Å². The number of halogens is 1. The Labute approximate surface area is 132 Å². The quantitative estimate of drug-likeness (QED) is 0.580. The van der Waals surface area contributed by atoms with E-state index in [-0.39, 0.29) is 5.78 Å². The summed E-state index contributed by atoms with van der Waals surface area (Å²) in [7, 11) is 0. The van der Waals surface area contributed by atoms with E-state index in [1.807, 2.05) is 19.9 Å². The van der Waals surface area contributed by atoms with E-state index in [9.17, 15) is 4.79 Å². The number of carbonyl (C=O) groups is 1. The molecule has 21 heavy (non-hydrogen) atoms. The minimum Gasteiger partial charge on any atom is -0.376 e. The number of rotatable bonds is 6. The van der Waals surface area contributed by atoms with Crippen molar-refractivity contribution in [2.45, 2.75) is 70.9 Å². The SMILES string of the molecule is Cc1cc(C(=O)C(C)Cl)c(C)n1CCOC1CCCCC1. The summed E-state index contributed by atoms with van der Waals surface area (Å²) in [5, 5.41) is -0.475. The van der Waals surface area contributed by atoms with Gasteiger partial charge in [0.1, 0.15) is 0 Å². The third-order valence-corrected chi connectivity index (χ3v) is 4.62. The minimum atomic E-state index is -0.475. The Morgan fingerprint density at radius 1 is 1.38 bits per heavy atom. The van der Waals surface area contributed by atoms with Crippen LogP contribution in [0.1, 0.15) is 60.8 Å².